The summed E-state index contributed by atoms with van der Waals surface area (Å²) in [6.07, 6.45) is -4.94. The number of carbonyl (C=O) groups is 14. The number of aromatic hydroxyl groups is 2. The van der Waals surface area contributed by atoms with Crippen molar-refractivity contribution in [1.29, 1.82) is 5.41 Å². The van der Waals surface area contributed by atoms with E-state index in [1.54, 1.807) is 37.3 Å². The van der Waals surface area contributed by atoms with E-state index in [9.17, 15) is 118 Å². The van der Waals surface area contributed by atoms with Crippen LogP contribution in [-0.2, 0) is 75.2 Å². The highest BCUT2D eigenvalue weighted by molar-refractivity contribution is 7.80. The highest BCUT2D eigenvalue weighted by Crippen LogP contribution is 2.42. The molecule has 4 aromatic carbocycles. The maximum absolute atomic E-state index is 14.6. The smallest absolute Gasteiger partial charge is 0.336 e. The number of rotatable bonds is 45. The number of carboxylic acids is 5. The van der Waals surface area contributed by atoms with Gasteiger partial charge in [-0.25, -0.2) is 9.59 Å². The minimum atomic E-state index is -1.99. The largest absolute Gasteiger partial charge is 0.508 e. The van der Waals surface area contributed by atoms with Crippen LogP contribution in [0.4, 0.5) is 5.69 Å². The van der Waals surface area contributed by atoms with E-state index in [1.807, 2.05) is 0 Å². The second kappa shape index (κ2) is 44.3. The van der Waals surface area contributed by atoms with Crippen LogP contribution in [0.5, 0.6) is 11.5 Å². The van der Waals surface area contributed by atoms with Crippen molar-refractivity contribution in [2.45, 2.75) is 159 Å². The highest BCUT2D eigenvalue weighted by Gasteiger charge is 2.39. The second-order valence-electron chi connectivity index (χ2n) is 27.6. The van der Waals surface area contributed by atoms with Crippen LogP contribution in [-0.4, -0.2) is 220 Å². The number of guanidine groups is 1. The van der Waals surface area contributed by atoms with Crippen LogP contribution in [0.25, 0.3) is 33.4 Å². The van der Waals surface area contributed by atoms with E-state index in [4.69, 9.17) is 27.8 Å². The van der Waals surface area contributed by atoms with E-state index in [0.717, 1.165) is 0 Å². The first-order chi connectivity index (χ1) is 55.4. The number of nitrogens with two attached hydrogens (primary N) is 1. The fourth-order valence-electron chi connectivity index (χ4n) is 12.0. The molecule has 0 radical (unpaired) electrons. The van der Waals surface area contributed by atoms with Crippen molar-refractivity contribution in [3.05, 3.63) is 136 Å². The van der Waals surface area contributed by atoms with Crippen LogP contribution in [0, 0.1) is 17.2 Å². The zero-order valence-corrected chi connectivity index (χ0v) is 64.6. The van der Waals surface area contributed by atoms with Gasteiger partial charge in [-0.15, -0.1) is 0 Å². The molecule has 0 aromatic heterocycles. The molecular formula is C77H94N14O25S. The number of thiocarbonyl (C=S) groups is 1. The third kappa shape index (κ3) is 28.3. The summed E-state index contributed by atoms with van der Waals surface area (Å²) in [5, 5.41) is 128. The minimum absolute atomic E-state index is 0.0406. The van der Waals surface area contributed by atoms with E-state index < -0.39 is 219 Å². The SMILES string of the molecule is CCC(C)C(NC(=O)C(CCC(=O)O)NC(=O)C(CO)NC(=S)Nc1ccc(-c2c3ccc(=O)cc-3oc3cc(O)ccc23)c(C(=O)O)c1)C(=O)NC(CO)C(=O)NC(Cc1ccc(O)cc1)C(=O)NC(CCC(=O)O)C(=O)NC(C(=O)NC(CCC(=O)O)C(=O)NC(Cc1ccccc1)C(=O)NC(CCCNC(=N)N)C(=O)O)C(C)C. The van der Waals surface area contributed by atoms with Crippen molar-refractivity contribution in [3.63, 3.8) is 0 Å². The summed E-state index contributed by atoms with van der Waals surface area (Å²) >= 11 is 5.45. The number of anilines is 1. The number of carboxylic acid groups (broad SMARTS) is 5. The van der Waals surface area contributed by atoms with Crippen molar-refractivity contribution >= 4 is 123 Å². The third-order valence-electron chi connectivity index (χ3n) is 18.5. The molecule has 117 heavy (non-hydrogen) atoms. The fraction of sp³-hybridized carbons (Fsp3) is 0.390. The van der Waals surface area contributed by atoms with E-state index in [-0.39, 0.29) is 88.5 Å². The van der Waals surface area contributed by atoms with Gasteiger partial charge in [-0.2, -0.15) is 0 Å². The van der Waals surface area contributed by atoms with Gasteiger partial charge in [0.15, 0.2) is 16.5 Å². The number of nitrogens with one attached hydrogen (secondary N) is 13. The number of benzene rings is 5. The minimum Gasteiger partial charge on any atom is -0.508 e. The molecule has 0 fully saturated rings. The Labute approximate surface area is 672 Å². The van der Waals surface area contributed by atoms with Crippen molar-refractivity contribution in [2.24, 2.45) is 17.6 Å². The number of carbonyl (C=O) groups excluding carboxylic acids is 9. The maximum Gasteiger partial charge on any atom is 0.336 e. The Hall–Kier alpha value is -13.4. The van der Waals surface area contributed by atoms with Gasteiger partial charge < -0.3 is 120 Å². The van der Waals surface area contributed by atoms with Gasteiger partial charge in [0.2, 0.25) is 53.2 Å². The summed E-state index contributed by atoms with van der Waals surface area (Å²) in [5.41, 5.74) is 6.30. The lowest BCUT2D eigenvalue weighted by Crippen LogP contribution is -2.62. The number of phenols is 2. The number of aromatic carboxylic acids is 1. The molecule has 1 heterocycles. The summed E-state index contributed by atoms with van der Waals surface area (Å²) in [6.45, 7) is 3.78. The van der Waals surface area contributed by atoms with E-state index in [1.165, 1.54) is 99.6 Å². The number of amides is 9. The normalized spacial score (nSPS) is 13.9. The second-order valence-corrected chi connectivity index (χ2v) is 28.0. The number of hydrogen-bond donors (Lipinski definition) is 23. The lowest BCUT2D eigenvalue weighted by molar-refractivity contribution is -0.142. The summed E-state index contributed by atoms with van der Waals surface area (Å²) < 4.78 is 5.90. The van der Waals surface area contributed by atoms with Gasteiger partial charge >= 0.3 is 29.8 Å². The van der Waals surface area contributed by atoms with Crippen LogP contribution in [0.3, 0.4) is 0 Å². The zero-order valence-electron chi connectivity index (χ0n) is 63.8. The van der Waals surface area contributed by atoms with Crippen LogP contribution < -0.4 is 75.0 Å². The monoisotopic (exact) mass is 1650 g/mol. The van der Waals surface area contributed by atoms with E-state index in [0.29, 0.717) is 22.1 Å². The Balaban J connectivity index is 1.17. The Morgan fingerprint density at radius 3 is 1.44 bits per heavy atom. The number of aliphatic hydroxyl groups excluding tert-OH is 2. The van der Waals surface area contributed by atoms with Crippen LogP contribution >= 0.6 is 12.2 Å². The molecule has 11 atom stereocenters. The molecule has 628 valence electrons. The average molecular weight is 1650 g/mol. The molecule has 9 amide bonds. The molecule has 6 rings (SSSR count). The molecule has 0 spiro atoms. The summed E-state index contributed by atoms with van der Waals surface area (Å²) in [4.78, 5) is 202. The fourth-order valence-corrected chi connectivity index (χ4v) is 12.3. The lowest BCUT2D eigenvalue weighted by atomic mass is 9.90. The average Bonchev–Trinajstić information content (AvgIpc) is 0.747. The Morgan fingerprint density at radius 1 is 0.487 bits per heavy atom. The number of aliphatic hydroxyl groups is 2. The molecule has 0 saturated carbocycles. The summed E-state index contributed by atoms with van der Waals surface area (Å²) in [7, 11) is 0. The van der Waals surface area contributed by atoms with Gasteiger partial charge in [0.05, 0.1) is 18.8 Å². The maximum atomic E-state index is 14.6. The molecule has 40 heteroatoms. The first kappa shape index (κ1) is 92.5. The molecule has 0 saturated heterocycles. The van der Waals surface area contributed by atoms with Crippen molar-refractivity contribution in [2.75, 3.05) is 25.1 Å². The molecule has 39 nitrogen and oxygen atoms in total. The summed E-state index contributed by atoms with van der Waals surface area (Å²) in [5.74, 6) is -20.1. The molecule has 0 bridgehead atoms. The molecule has 1 aliphatic carbocycles. The van der Waals surface area contributed by atoms with Gasteiger partial charge in [0.1, 0.15) is 83.3 Å². The topological polar surface area (TPSA) is 645 Å². The molecule has 2 aliphatic rings. The Morgan fingerprint density at radius 2 is 0.940 bits per heavy atom. The molecule has 1 aliphatic heterocycles. The van der Waals surface area contributed by atoms with E-state index in [2.05, 4.69) is 63.8 Å². The first-order valence-corrected chi connectivity index (χ1v) is 37.2. The molecular weight excluding hydrogens is 1550 g/mol. The lowest BCUT2D eigenvalue weighted by Gasteiger charge is -2.29. The van der Waals surface area contributed by atoms with Crippen molar-refractivity contribution in [3.8, 4) is 33.9 Å². The number of aliphatic carboxylic acids is 4. The zero-order chi connectivity index (χ0) is 86.5. The third-order valence-corrected chi connectivity index (χ3v) is 18.7. The molecule has 24 N–H and O–H groups in total. The van der Waals surface area contributed by atoms with Gasteiger partial charge in [0.25, 0.3) is 0 Å². The van der Waals surface area contributed by atoms with Crippen LogP contribution in [0.15, 0.2) is 118 Å². The highest BCUT2D eigenvalue weighted by atomic mass is 32.1. The van der Waals surface area contributed by atoms with E-state index >= 15 is 0 Å². The first-order valence-electron chi connectivity index (χ1n) is 36.8. The van der Waals surface area contributed by atoms with Crippen LogP contribution in [0.1, 0.15) is 107 Å². The predicted molar refractivity (Wildman–Crippen MR) is 422 cm³/mol. The Bertz CT molecular complexity index is 4660. The quantitative estimate of drug-likeness (QED) is 0.00774. The van der Waals surface area contributed by atoms with Gasteiger partial charge in [-0.3, -0.25) is 67.7 Å². The van der Waals surface area contributed by atoms with Gasteiger partial charge in [0, 0.05) is 73.0 Å². The predicted octanol–water partition coefficient (Wildman–Crippen LogP) is -0.193. The van der Waals surface area contributed by atoms with Gasteiger partial charge in [-0.05, 0) is 121 Å². The summed E-state index contributed by atoms with van der Waals surface area (Å²) in [6, 6.07) is 7.93. The van der Waals surface area contributed by atoms with Crippen molar-refractivity contribution in [1.82, 2.24) is 58.5 Å². The molecule has 11 unspecified atom stereocenters. The number of fused-ring (bicyclic) bond motifs is 2. The number of phenolic OH excluding ortho intramolecular Hbond substituents is 2. The van der Waals surface area contributed by atoms with Crippen molar-refractivity contribution < 1.29 is 117 Å². The Kier molecular flexibility index (Phi) is 35.0. The van der Waals surface area contributed by atoms with Gasteiger partial charge in [-0.1, -0.05) is 82.6 Å². The standard InChI is InChI=1S/C77H94N14O25S/c1-5-38(4)64(91-67(105)51(25-28-61(101)102)83-71(109)56(36-93)89-77(117)81-41-15-20-45(48(32-41)74(112)113)62-46-21-18-43(95)33-57(46)116-58-34-44(96)19-22-47(58)62)73(111)88-55(35-92)70(108)87-54(31-40-13-16-42(94)17-14-40)68(106)82-50(24-27-60(99)100)66(104)90-63(37(2)3)72(110)84-49(23-26-59(97)98)65(103)86-53(30-39-10-7-6-8-11-39)69(107)85-52(75(114)115)12-9-29-80-76(78)79/h6-8,10-11,13-22,32-34,37-38,49-56,63-64,92-95H,5,9,12,23-31,35-36H2,1-4H3,(H,82,106)(H,83,109)(H,84,110)(H,85,107)(H,86,103)(H,87,108)(H,88,111)(H,90,104)(H,91,105)(H,97,98)(H,99,100)(H,101,102)(H,112,113)(H,114,115)(H4,78,79,80)(H2,81,89,117). The number of hydrogen-bond acceptors (Lipinski definition) is 22. The molecule has 4 aromatic rings. The van der Waals surface area contributed by atoms with Crippen LogP contribution in [0.2, 0.25) is 0 Å².